The van der Waals surface area contributed by atoms with Crippen LogP contribution >= 0.6 is 34.8 Å². The van der Waals surface area contributed by atoms with Gasteiger partial charge < -0.3 is 10.2 Å². The van der Waals surface area contributed by atoms with Gasteiger partial charge in [0, 0.05) is 47.0 Å². The Balaban J connectivity index is 1.91. The number of amides is 2. The summed E-state index contributed by atoms with van der Waals surface area (Å²) in [6.07, 6.45) is 2.37. The second kappa shape index (κ2) is 15.6. The monoisotopic (exact) mass is 651 g/mol. The molecule has 42 heavy (non-hydrogen) atoms. The fourth-order valence-corrected chi connectivity index (χ4v) is 6.00. The molecule has 3 rings (SSSR count). The minimum atomic E-state index is -3.62. The van der Waals surface area contributed by atoms with Gasteiger partial charge in [0.2, 0.25) is 21.8 Å². The van der Waals surface area contributed by atoms with Gasteiger partial charge >= 0.3 is 0 Å². The van der Waals surface area contributed by atoms with Crippen molar-refractivity contribution in [3.63, 3.8) is 0 Å². The number of nitrogens with one attached hydrogen (secondary N) is 1. The lowest BCUT2D eigenvalue weighted by atomic mass is 10.0. The van der Waals surface area contributed by atoms with Gasteiger partial charge in [0.1, 0.15) is 6.04 Å². The van der Waals surface area contributed by atoms with Crippen LogP contribution in [0.4, 0.5) is 5.69 Å². The maximum absolute atomic E-state index is 13.9. The summed E-state index contributed by atoms with van der Waals surface area (Å²) in [5, 5.41) is 4.35. The highest BCUT2D eigenvalue weighted by Crippen LogP contribution is 2.25. The van der Waals surface area contributed by atoms with Crippen LogP contribution in [0.2, 0.25) is 15.1 Å². The van der Waals surface area contributed by atoms with E-state index in [1.54, 1.807) is 42.5 Å². The summed E-state index contributed by atoms with van der Waals surface area (Å²) in [5.74, 6) is -0.573. The van der Waals surface area contributed by atoms with Crippen molar-refractivity contribution in [2.45, 2.75) is 58.2 Å². The number of nitrogens with zero attached hydrogens (tertiary/aromatic N) is 2. The second-order valence-corrected chi connectivity index (χ2v) is 13.4. The van der Waals surface area contributed by atoms with E-state index in [-0.39, 0.29) is 43.8 Å². The van der Waals surface area contributed by atoms with Crippen LogP contribution in [-0.2, 0) is 32.6 Å². The summed E-state index contributed by atoms with van der Waals surface area (Å²) < 4.78 is 26.4. The zero-order valence-electron chi connectivity index (χ0n) is 23.9. The third-order valence-electron chi connectivity index (χ3n) is 6.89. The molecule has 2 amide bonds. The number of benzene rings is 3. The van der Waals surface area contributed by atoms with Crippen molar-refractivity contribution in [2.75, 3.05) is 17.1 Å². The first kappa shape index (κ1) is 33.7. The Morgan fingerprint density at radius 1 is 0.929 bits per heavy atom. The molecule has 3 aromatic carbocycles. The first-order chi connectivity index (χ1) is 19.9. The highest BCUT2D eigenvalue weighted by molar-refractivity contribution is 7.92. The SMILES string of the molecule is CC[C@H](C)NC(=O)[C@@H](Cc1ccccc1)N(Cc1ccc(Cl)cc1Cl)C(=O)CCCN(c1ccc(Cl)cc1)S(C)(=O)=O. The van der Waals surface area contributed by atoms with Gasteiger partial charge in [0.05, 0.1) is 11.9 Å². The number of carbonyl (C=O) groups is 2. The molecule has 3 aromatic rings. The van der Waals surface area contributed by atoms with Crippen LogP contribution in [0.1, 0.15) is 44.2 Å². The molecule has 2 atom stereocenters. The topological polar surface area (TPSA) is 86.8 Å². The molecular formula is C31H36Cl3N3O4S. The molecule has 0 saturated heterocycles. The molecular weight excluding hydrogens is 617 g/mol. The van der Waals surface area contributed by atoms with Crippen molar-refractivity contribution >= 4 is 62.3 Å². The summed E-state index contributed by atoms with van der Waals surface area (Å²) in [5.41, 5.74) is 1.99. The fourth-order valence-electron chi connectivity index (χ4n) is 4.44. The molecule has 0 bridgehead atoms. The van der Waals surface area contributed by atoms with E-state index in [0.29, 0.717) is 32.7 Å². The molecule has 0 spiro atoms. The van der Waals surface area contributed by atoms with Gasteiger partial charge in [-0.05, 0) is 67.3 Å². The third-order valence-corrected chi connectivity index (χ3v) is 8.93. The average molecular weight is 653 g/mol. The molecule has 0 aliphatic carbocycles. The lowest BCUT2D eigenvalue weighted by Gasteiger charge is -2.33. The summed E-state index contributed by atoms with van der Waals surface area (Å²) in [4.78, 5) is 29.1. The highest BCUT2D eigenvalue weighted by atomic mass is 35.5. The van der Waals surface area contributed by atoms with Crippen LogP contribution in [-0.4, -0.2) is 50.0 Å². The van der Waals surface area contributed by atoms with Crippen LogP contribution in [0.25, 0.3) is 0 Å². The molecule has 0 aromatic heterocycles. The Kier molecular flexibility index (Phi) is 12.5. The number of hydrogen-bond acceptors (Lipinski definition) is 4. The van der Waals surface area contributed by atoms with E-state index in [9.17, 15) is 18.0 Å². The Hall–Kier alpha value is -2.78. The molecule has 7 nitrogen and oxygen atoms in total. The Bertz CT molecular complexity index is 1450. The third kappa shape index (κ3) is 9.90. The molecule has 1 N–H and O–H groups in total. The maximum Gasteiger partial charge on any atom is 0.243 e. The van der Waals surface area contributed by atoms with Crippen LogP contribution in [0, 0.1) is 0 Å². The van der Waals surface area contributed by atoms with E-state index in [1.165, 1.54) is 9.21 Å². The van der Waals surface area contributed by atoms with Crippen LogP contribution in [0.5, 0.6) is 0 Å². The second-order valence-electron chi connectivity index (χ2n) is 10.2. The smallest absolute Gasteiger partial charge is 0.243 e. The van der Waals surface area contributed by atoms with Gasteiger partial charge in [-0.3, -0.25) is 13.9 Å². The normalized spacial score (nSPS) is 12.8. The van der Waals surface area contributed by atoms with Gasteiger partial charge in [-0.1, -0.05) is 78.1 Å². The number of sulfonamides is 1. The van der Waals surface area contributed by atoms with Gasteiger partial charge in [-0.15, -0.1) is 0 Å². The highest BCUT2D eigenvalue weighted by Gasteiger charge is 2.31. The van der Waals surface area contributed by atoms with Crippen molar-refractivity contribution in [3.8, 4) is 0 Å². The quantitative estimate of drug-likeness (QED) is 0.209. The number of anilines is 1. The fraction of sp³-hybridized carbons (Fsp3) is 0.355. The Morgan fingerprint density at radius 3 is 2.17 bits per heavy atom. The van der Waals surface area contributed by atoms with Crippen molar-refractivity contribution < 1.29 is 18.0 Å². The van der Waals surface area contributed by atoms with Crippen LogP contribution in [0.3, 0.4) is 0 Å². The van der Waals surface area contributed by atoms with Gasteiger partial charge in [0.15, 0.2) is 0 Å². The summed E-state index contributed by atoms with van der Waals surface area (Å²) in [7, 11) is -3.62. The lowest BCUT2D eigenvalue weighted by molar-refractivity contribution is -0.141. The van der Waals surface area contributed by atoms with E-state index in [2.05, 4.69) is 5.32 Å². The van der Waals surface area contributed by atoms with Crippen molar-refractivity contribution in [1.29, 1.82) is 0 Å². The lowest BCUT2D eigenvalue weighted by Crippen LogP contribution is -2.52. The van der Waals surface area contributed by atoms with Gasteiger partial charge in [-0.25, -0.2) is 8.42 Å². The first-order valence-corrected chi connectivity index (χ1v) is 16.7. The molecule has 0 saturated carbocycles. The van der Waals surface area contributed by atoms with Gasteiger partial charge in [0.25, 0.3) is 0 Å². The number of halogens is 3. The zero-order valence-corrected chi connectivity index (χ0v) is 27.0. The summed E-state index contributed by atoms with van der Waals surface area (Å²) >= 11 is 18.6. The minimum Gasteiger partial charge on any atom is -0.352 e. The summed E-state index contributed by atoms with van der Waals surface area (Å²) in [6, 6.07) is 20.1. The van der Waals surface area contributed by atoms with Crippen molar-refractivity contribution in [3.05, 3.63) is 99.0 Å². The molecule has 226 valence electrons. The molecule has 0 aliphatic heterocycles. The maximum atomic E-state index is 13.9. The zero-order chi connectivity index (χ0) is 30.9. The summed E-state index contributed by atoms with van der Waals surface area (Å²) in [6.45, 7) is 4.04. The van der Waals surface area contributed by atoms with Crippen molar-refractivity contribution in [1.82, 2.24) is 10.2 Å². The number of rotatable bonds is 14. The molecule has 0 fully saturated rings. The standard InChI is InChI=1S/C31H36Cl3N3O4S/c1-4-22(2)35-31(39)29(19-23-9-6-5-7-10-23)36(21-24-12-13-26(33)20-28(24)34)30(38)11-8-18-37(42(3,40)41)27-16-14-25(32)15-17-27/h5-7,9-10,12-17,20,22,29H,4,8,11,18-19,21H2,1-3H3,(H,35,39)/t22-,29+/m0/s1. The van der Waals surface area contributed by atoms with Crippen LogP contribution < -0.4 is 9.62 Å². The Labute approximate surface area is 263 Å². The molecule has 0 unspecified atom stereocenters. The van der Waals surface area contributed by atoms with E-state index < -0.39 is 16.1 Å². The van der Waals surface area contributed by atoms with E-state index in [0.717, 1.165) is 18.2 Å². The molecule has 0 radical (unpaired) electrons. The van der Waals surface area contributed by atoms with E-state index in [4.69, 9.17) is 34.8 Å². The predicted molar refractivity (Wildman–Crippen MR) is 172 cm³/mol. The average Bonchev–Trinajstić information content (AvgIpc) is 2.94. The van der Waals surface area contributed by atoms with E-state index >= 15 is 0 Å². The molecule has 0 aliphatic rings. The predicted octanol–water partition coefficient (Wildman–Crippen LogP) is 6.75. The molecule has 0 heterocycles. The van der Waals surface area contributed by atoms with Crippen molar-refractivity contribution in [2.24, 2.45) is 0 Å². The number of hydrogen-bond donors (Lipinski definition) is 1. The minimum absolute atomic E-state index is 0.00667. The van der Waals surface area contributed by atoms with Crippen LogP contribution in [0.15, 0.2) is 72.8 Å². The first-order valence-electron chi connectivity index (χ1n) is 13.7. The van der Waals surface area contributed by atoms with Gasteiger partial charge in [-0.2, -0.15) is 0 Å². The van der Waals surface area contributed by atoms with E-state index in [1.807, 2.05) is 44.2 Å². The largest absolute Gasteiger partial charge is 0.352 e. The molecule has 11 heteroatoms. The Morgan fingerprint density at radius 2 is 1.57 bits per heavy atom. The number of carbonyl (C=O) groups excluding carboxylic acids is 2.